The number of amides is 1. The summed E-state index contributed by atoms with van der Waals surface area (Å²) in [6.45, 7) is 2.69. The number of nitrogens with one attached hydrogen (secondary N) is 3. The topological polar surface area (TPSA) is 53.2 Å². The first kappa shape index (κ1) is 12.3. The standard InChI is InChI=1S/C11H13ClFN3O/c1-6-5-14-16-10(6)11(17)15-9-3-2-7(13)4-8(9)12/h2-4,6,10,14,16H,5H2,1H3,(H,15,17). The van der Waals surface area contributed by atoms with Gasteiger partial charge in [0, 0.05) is 6.54 Å². The lowest BCUT2D eigenvalue weighted by molar-refractivity contribution is -0.118. The van der Waals surface area contributed by atoms with Gasteiger partial charge < -0.3 is 5.32 Å². The highest BCUT2D eigenvalue weighted by Crippen LogP contribution is 2.23. The van der Waals surface area contributed by atoms with Crippen LogP contribution in [0.25, 0.3) is 0 Å². The zero-order valence-electron chi connectivity index (χ0n) is 9.26. The summed E-state index contributed by atoms with van der Waals surface area (Å²) in [4.78, 5) is 11.9. The minimum atomic E-state index is -0.429. The molecule has 0 spiro atoms. The molecule has 0 bridgehead atoms. The van der Waals surface area contributed by atoms with E-state index in [2.05, 4.69) is 16.2 Å². The Balaban J connectivity index is 2.07. The zero-order chi connectivity index (χ0) is 12.4. The lowest BCUT2D eigenvalue weighted by Gasteiger charge is -2.15. The molecule has 1 aromatic carbocycles. The van der Waals surface area contributed by atoms with Crippen LogP contribution in [0.4, 0.5) is 10.1 Å². The van der Waals surface area contributed by atoms with Crippen molar-refractivity contribution in [2.75, 3.05) is 11.9 Å². The number of hydrogen-bond acceptors (Lipinski definition) is 3. The summed E-state index contributed by atoms with van der Waals surface area (Å²) in [5.41, 5.74) is 6.20. The molecule has 0 saturated carbocycles. The first-order chi connectivity index (χ1) is 8.08. The van der Waals surface area contributed by atoms with Crippen LogP contribution in [0.2, 0.25) is 5.02 Å². The third kappa shape index (κ3) is 2.74. The van der Waals surface area contributed by atoms with E-state index in [1.54, 1.807) is 0 Å². The predicted octanol–water partition coefficient (Wildman–Crippen LogP) is 1.53. The molecule has 1 aliphatic rings. The van der Waals surface area contributed by atoms with E-state index < -0.39 is 5.82 Å². The maximum Gasteiger partial charge on any atom is 0.243 e. The van der Waals surface area contributed by atoms with Gasteiger partial charge in [-0.3, -0.25) is 10.2 Å². The summed E-state index contributed by atoms with van der Waals surface area (Å²) >= 11 is 5.83. The van der Waals surface area contributed by atoms with E-state index in [4.69, 9.17) is 11.6 Å². The van der Waals surface area contributed by atoms with Gasteiger partial charge >= 0.3 is 0 Å². The quantitative estimate of drug-likeness (QED) is 0.753. The van der Waals surface area contributed by atoms with Crippen LogP contribution in [0, 0.1) is 11.7 Å². The second-order valence-electron chi connectivity index (χ2n) is 4.09. The van der Waals surface area contributed by atoms with Gasteiger partial charge in [0.15, 0.2) is 0 Å². The maximum atomic E-state index is 12.8. The largest absolute Gasteiger partial charge is 0.323 e. The molecule has 1 fully saturated rings. The molecular weight excluding hydrogens is 245 g/mol. The Labute approximate surface area is 104 Å². The van der Waals surface area contributed by atoms with Gasteiger partial charge in [-0.15, -0.1) is 0 Å². The van der Waals surface area contributed by atoms with Crippen molar-refractivity contribution in [2.45, 2.75) is 13.0 Å². The van der Waals surface area contributed by atoms with Gasteiger partial charge in [-0.1, -0.05) is 18.5 Å². The van der Waals surface area contributed by atoms with E-state index >= 15 is 0 Å². The van der Waals surface area contributed by atoms with Gasteiger partial charge in [0.05, 0.1) is 10.7 Å². The van der Waals surface area contributed by atoms with Crippen LogP contribution in [0.5, 0.6) is 0 Å². The van der Waals surface area contributed by atoms with Crippen molar-refractivity contribution in [1.82, 2.24) is 10.9 Å². The lowest BCUT2D eigenvalue weighted by Crippen LogP contribution is -2.41. The summed E-state index contributed by atoms with van der Waals surface area (Å²) in [5.74, 6) is -0.424. The number of carbonyl (C=O) groups is 1. The van der Waals surface area contributed by atoms with Crippen molar-refractivity contribution in [3.63, 3.8) is 0 Å². The number of halogens is 2. The molecule has 0 radical (unpaired) electrons. The molecule has 1 heterocycles. The molecule has 1 aromatic rings. The summed E-state index contributed by atoms with van der Waals surface area (Å²) in [5, 5.41) is 2.86. The fourth-order valence-electron chi connectivity index (χ4n) is 1.72. The van der Waals surface area contributed by atoms with Crippen molar-refractivity contribution in [1.29, 1.82) is 0 Å². The second kappa shape index (κ2) is 5.00. The molecule has 17 heavy (non-hydrogen) atoms. The van der Waals surface area contributed by atoms with Gasteiger partial charge in [-0.25, -0.2) is 9.82 Å². The maximum absolute atomic E-state index is 12.8. The Morgan fingerprint density at radius 1 is 1.59 bits per heavy atom. The lowest BCUT2D eigenvalue weighted by atomic mass is 10.0. The second-order valence-corrected chi connectivity index (χ2v) is 4.50. The third-order valence-corrected chi connectivity index (χ3v) is 3.03. The summed E-state index contributed by atoms with van der Waals surface area (Å²) < 4.78 is 12.8. The van der Waals surface area contributed by atoms with E-state index in [-0.39, 0.29) is 22.9 Å². The average molecular weight is 258 g/mol. The molecule has 92 valence electrons. The highest BCUT2D eigenvalue weighted by atomic mass is 35.5. The van der Waals surface area contributed by atoms with E-state index in [0.717, 1.165) is 6.54 Å². The van der Waals surface area contributed by atoms with E-state index in [1.165, 1.54) is 18.2 Å². The Bertz CT molecular complexity index is 441. The number of rotatable bonds is 2. The van der Waals surface area contributed by atoms with E-state index in [9.17, 15) is 9.18 Å². The number of hydrogen-bond donors (Lipinski definition) is 3. The molecule has 3 N–H and O–H groups in total. The smallest absolute Gasteiger partial charge is 0.243 e. The van der Waals surface area contributed by atoms with Crippen LogP contribution in [0.1, 0.15) is 6.92 Å². The van der Waals surface area contributed by atoms with Gasteiger partial charge in [-0.2, -0.15) is 0 Å². The SMILES string of the molecule is CC1CNNC1C(=O)Nc1ccc(F)cc1Cl. The van der Waals surface area contributed by atoms with Crippen molar-refractivity contribution >= 4 is 23.2 Å². The Morgan fingerprint density at radius 3 is 2.94 bits per heavy atom. The van der Waals surface area contributed by atoms with Crippen molar-refractivity contribution < 1.29 is 9.18 Å². The van der Waals surface area contributed by atoms with Gasteiger partial charge in [0.25, 0.3) is 0 Å². The van der Waals surface area contributed by atoms with Crippen LogP contribution >= 0.6 is 11.6 Å². The number of benzene rings is 1. The fourth-order valence-corrected chi connectivity index (χ4v) is 1.93. The van der Waals surface area contributed by atoms with Gasteiger partial charge in [0.1, 0.15) is 11.9 Å². The summed E-state index contributed by atoms with van der Waals surface area (Å²) in [6.07, 6.45) is 0. The third-order valence-electron chi connectivity index (χ3n) is 2.72. The van der Waals surface area contributed by atoms with Crippen LogP contribution in [0.15, 0.2) is 18.2 Å². The molecule has 0 aromatic heterocycles. The monoisotopic (exact) mass is 257 g/mol. The molecule has 1 aliphatic heterocycles. The van der Waals surface area contributed by atoms with Crippen molar-refractivity contribution in [3.05, 3.63) is 29.0 Å². The normalized spacial score (nSPS) is 23.7. The number of hydrazine groups is 1. The summed E-state index contributed by atoms with van der Waals surface area (Å²) in [6, 6.07) is 3.56. The molecule has 6 heteroatoms. The molecule has 1 amide bonds. The minimum absolute atomic E-state index is 0.184. The molecule has 1 saturated heterocycles. The van der Waals surface area contributed by atoms with E-state index in [1.807, 2.05) is 6.92 Å². The van der Waals surface area contributed by atoms with Crippen molar-refractivity contribution in [2.24, 2.45) is 5.92 Å². The molecule has 2 atom stereocenters. The van der Waals surface area contributed by atoms with E-state index in [0.29, 0.717) is 5.69 Å². The molecule has 0 aliphatic carbocycles. The Hall–Kier alpha value is -1.17. The highest BCUT2D eigenvalue weighted by molar-refractivity contribution is 6.33. The van der Waals surface area contributed by atoms with Gasteiger partial charge in [0.2, 0.25) is 5.91 Å². The van der Waals surface area contributed by atoms with Crippen molar-refractivity contribution in [3.8, 4) is 0 Å². The molecular formula is C11H13ClFN3O. The predicted molar refractivity (Wildman–Crippen MR) is 64.1 cm³/mol. The summed E-state index contributed by atoms with van der Waals surface area (Å²) in [7, 11) is 0. The zero-order valence-corrected chi connectivity index (χ0v) is 10.0. The Morgan fingerprint density at radius 2 is 2.35 bits per heavy atom. The Kier molecular flexibility index (Phi) is 3.61. The fraction of sp³-hybridized carbons (Fsp3) is 0.364. The molecule has 2 rings (SSSR count). The first-order valence-corrected chi connectivity index (χ1v) is 5.70. The average Bonchev–Trinajstić information content (AvgIpc) is 2.68. The van der Waals surface area contributed by atoms with Crippen LogP contribution < -0.4 is 16.2 Å². The molecule has 2 unspecified atom stereocenters. The van der Waals surface area contributed by atoms with Crippen LogP contribution in [0.3, 0.4) is 0 Å². The first-order valence-electron chi connectivity index (χ1n) is 5.32. The molecule has 4 nitrogen and oxygen atoms in total. The number of carbonyl (C=O) groups excluding carboxylic acids is 1. The van der Waals surface area contributed by atoms with Crippen LogP contribution in [-0.2, 0) is 4.79 Å². The minimum Gasteiger partial charge on any atom is -0.323 e. The van der Waals surface area contributed by atoms with Gasteiger partial charge in [-0.05, 0) is 24.1 Å². The number of anilines is 1. The van der Waals surface area contributed by atoms with Crippen LogP contribution in [-0.4, -0.2) is 18.5 Å². The highest BCUT2D eigenvalue weighted by Gasteiger charge is 2.29.